The first kappa shape index (κ1) is 10.0. The molecular weight excluding hydrogens is 170 g/mol. The van der Waals surface area contributed by atoms with Gasteiger partial charge in [-0.15, -0.1) is 0 Å². The zero-order chi connectivity index (χ0) is 9.68. The minimum atomic E-state index is -0.404. The lowest BCUT2D eigenvalue weighted by atomic mass is 10.3. The van der Waals surface area contributed by atoms with Gasteiger partial charge in [0, 0.05) is 0 Å². The maximum Gasteiger partial charge on any atom is 0.355 e. The van der Waals surface area contributed by atoms with Crippen LogP contribution in [0.25, 0.3) is 0 Å². The number of oxime groups is 1. The molecule has 0 aromatic rings. The summed E-state index contributed by atoms with van der Waals surface area (Å²) in [5.74, 6) is 0.248. The van der Waals surface area contributed by atoms with Gasteiger partial charge < -0.3 is 9.57 Å². The van der Waals surface area contributed by atoms with Gasteiger partial charge in [-0.2, -0.15) is 0 Å². The Kier molecular flexibility index (Phi) is 3.73. The van der Waals surface area contributed by atoms with Crippen molar-refractivity contribution in [3.8, 4) is 0 Å². The molecule has 0 aromatic heterocycles. The van der Waals surface area contributed by atoms with Crippen LogP contribution in [0.2, 0.25) is 0 Å². The Morgan fingerprint density at radius 3 is 2.69 bits per heavy atom. The fourth-order valence-electron chi connectivity index (χ4n) is 0.869. The lowest BCUT2D eigenvalue weighted by Crippen LogP contribution is -2.15. The molecule has 0 amide bonds. The van der Waals surface area contributed by atoms with E-state index in [-0.39, 0.29) is 0 Å². The summed E-state index contributed by atoms with van der Waals surface area (Å²) >= 11 is 0. The van der Waals surface area contributed by atoms with E-state index >= 15 is 0 Å². The van der Waals surface area contributed by atoms with Crippen molar-refractivity contribution < 1.29 is 14.4 Å². The molecule has 0 bridgehead atoms. The van der Waals surface area contributed by atoms with Crippen molar-refractivity contribution in [2.24, 2.45) is 11.1 Å². The zero-order valence-electron chi connectivity index (χ0n) is 8.08. The van der Waals surface area contributed by atoms with Crippen molar-refractivity contribution in [3.63, 3.8) is 0 Å². The molecule has 1 rings (SSSR count). The fourth-order valence-corrected chi connectivity index (χ4v) is 0.869. The highest BCUT2D eigenvalue weighted by atomic mass is 16.6. The summed E-state index contributed by atoms with van der Waals surface area (Å²) in [4.78, 5) is 16.0. The first-order valence-electron chi connectivity index (χ1n) is 4.55. The van der Waals surface area contributed by atoms with Crippen molar-refractivity contribution in [1.82, 2.24) is 0 Å². The molecule has 13 heavy (non-hydrogen) atoms. The third-order valence-corrected chi connectivity index (χ3v) is 1.94. The van der Waals surface area contributed by atoms with Gasteiger partial charge in [-0.1, -0.05) is 12.1 Å². The maximum absolute atomic E-state index is 11.0. The van der Waals surface area contributed by atoms with Gasteiger partial charge in [0.25, 0.3) is 0 Å². The largest absolute Gasteiger partial charge is 0.464 e. The summed E-state index contributed by atoms with van der Waals surface area (Å²) < 4.78 is 4.53. The second kappa shape index (κ2) is 4.84. The van der Waals surface area contributed by atoms with E-state index in [2.05, 4.69) is 9.89 Å². The predicted octanol–water partition coefficient (Wildman–Crippen LogP) is 1.35. The van der Waals surface area contributed by atoms with Crippen LogP contribution >= 0.6 is 0 Å². The van der Waals surface area contributed by atoms with E-state index in [0.717, 1.165) is 0 Å². The van der Waals surface area contributed by atoms with Crippen LogP contribution in [0, 0.1) is 5.92 Å². The van der Waals surface area contributed by atoms with Gasteiger partial charge in [0.2, 0.25) is 0 Å². The van der Waals surface area contributed by atoms with Crippen LogP contribution in [-0.4, -0.2) is 25.4 Å². The monoisotopic (exact) mass is 185 g/mol. The molecule has 1 aliphatic carbocycles. The molecule has 0 atom stereocenters. The average molecular weight is 185 g/mol. The minimum absolute atomic E-state index is 0.350. The molecule has 0 aromatic carbocycles. The first-order chi connectivity index (χ1) is 6.27. The lowest BCUT2D eigenvalue weighted by Gasteiger charge is -2.01. The summed E-state index contributed by atoms with van der Waals surface area (Å²) in [6.07, 6.45) is 2.97. The van der Waals surface area contributed by atoms with Crippen LogP contribution in [0.5, 0.6) is 0 Å². The van der Waals surface area contributed by atoms with Crippen LogP contribution in [0.15, 0.2) is 5.16 Å². The predicted molar refractivity (Wildman–Crippen MR) is 48.4 cm³/mol. The van der Waals surface area contributed by atoms with Crippen molar-refractivity contribution in [2.75, 3.05) is 13.7 Å². The molecule has 4 nitrogen and oxygen atoms in total. The number of carbonyl (C=O) groups excluding carboxylic acids is 1. The van der Waals surface area contributed by atoms with Gasteiger partial charge in [-0.05, 0) is 25.2 Å². The van der Waals surface area contributed by atoms with Crippen molar-refractivity contribution >= 4 is 11.7 Å². The van der Waals surface area contributed by atoms with Crippen LogP contribution in [0.3, 0.4) is 0 Å². The second-order valence-corrected chi connectivity index (χ2v) is 3.12. The molecule has 74 valence electrons. The molecule has 0 N–H and O–H groups in total. The molecule has 1 aliphatic rings. The third kappa shape index (κ3) is 3.44. The Bertz CT molecular complexity index is 209. The van der Waals surface area contributed by atoms with Crippen molar-refractivity contribution in [2.45, 2.75) is 26.2 Å². The molecule has 0 unspecified atom stereocenters. The van der Waals surface area contributed by atoms with Gasteiger partial charge in [-0.25, -0.2) is 4.79 Å². The highest BCUT2D eigenvalue weighted by Gasteiger charge is 2.22. The summed E-state index contributed by atoms with van der Waals surface area (Å²) in [5.41, 5.74) is 0.350. The highest BCUT2D eigenvalue weighted by molar-refractivity contribution is 6.36. The molecule has 0 aliphatic heterocycles. The molecule has 0 spiro atoms. The zero-order valence-corrected chi connectivity index (χ0v) is 8.08. The molecular formula is C9H15NO3. The number of carbonyl (C=O) groups is 1. The summed E-state index contributed by atoms with van der Waals surface area (Å²) in [6.45, 7) is 2.47. The fraction of sp³-hybridized carbons (Fsp3) is 0.778. The van der Waals surface area contributed by atoms with Gasteiger partial charge in [0.15, 0.2) is 5.71 Å². The van der Waals surface area contributed by atoms with E-state index in [0.29, 0.717) is 24.7 Å². The number of ether oxygens (including phenoxy) is 1. The summed E-state index contributed by atoms with van der Waals surface area (Å²) in [6, 6.07) is 0. The number of esters is 1. The van der Waals surface area contributed by atoms with E-state index in [4.69, 9.17) is 4.84 Å². The van der Waals surface area contributed by atoms with Crippen LogP contribution < -0.4 is 0 Å². The number of hydrogen-bond acceptors (Lipinski definition) is 4. The molecule has 0 heterocycles. The number of nitrogens with zero attached hydrogens (tertiary/aromatic N) is 1. The second-order valence-electron chi connectivity index (χ2n) is 3.12. The molecule has 1 saturated carbocycles. The molecule has 4 heteroatoms. The van der Waals surface area contributed by atoms with E-state index < -0.39 is 5.97 Å². The Hall–Kier alpha value is -1.06. The van der Waals surface area contributed by atoms with E-state index in [1.165, 1.54) is 20.0 Å². The SMILES string of the molecule is CCC(=NOCC1CC1)C(=O)OC. The van der Waals surface area contributed by atoms with Gasteiger partial charge in [0.1, 0.15) is 6.61 Å². The average Bonchev–Trinajstić information content (AvgIpc) is 2.95. The van der Waals surface area contributed by atoms with Gasteiger partial charge in [0.05, 0.1) is 7.11 Å². The number of hydrogen-bond donors (Lipinski definition) is 0. The third-order valence-electron chi connectivity index (χ3n) is 1.94. The van der Waals surface area contributed by atoms with Gasteiger partial charge >= 0.3 is 5.97 Å². The summed E-state index contributed by atoms with van der Waals surface area (Å²) in [5, 5.41) is 3.74. The standard InChI is InChI=1S/C9H15NO3/c1-3-8(9(11)12-2)10-13-6-7-4-5-7/h7H,3-6H2,1-2H3. The normalized spacial score (nSPS) is 16.9. The number of rotatable bonds is 5. The highest BCUT2D eigenvalue weighted by Crippen LogP contribution is 2.28. The molecule has 0 radical (unpaired) electrons. The van der Waals surface area contributed by atoms with E-state index in [9.17, 15) is 4.79 Å². The van der Waals surface area contributed by atoms with E-state index in [1.54, 1.807) is 0 Å². The molecule has 1 fully saturated rings. The Morgan fingerprint density at radius 2 is 2.23 bits per heavy atom. The summed E-state index contributed by atoms with van der Waals surface area (Å²) in [7, 11) is 1.34. The van der Waals surface area contributed by atoms with Crippen LogP contribution in [-0.2, 0) is 14.4 Å². The Morgan fingerprint density at radius 1 is 1.54 bits per heavy atom. The van der Waals surface area contributed by atoms with Crippen LogP contribution in [0.1, 0.15) is 26.2 Å². The Balaban J connectivity index is 2.29. The van der Waals surface area contributed by atoms with E-state index in [1.807, 2.05) is 6.92 Å². The number of methoxy groups -OCH3 is 1. The lowest BCUT2D eigenvalue weighted by molar-refractivity contribution is -0.133. The Labute approximate surface area is 77.9 Å². The minimum Gasteiger partial charge on any atom is -0.464 e. The maximum atomic E-state index is 11.0. The van der Waals surface area contributed by atoms with Crippen LogP contribution in [0.4, 0.5) is 0 Å². The van der Waals surface area contributed by atoms with Crippen molar-refractivity contribution in [3.05, 3.63) is 0 Å². The first-order valence-corrected chi connectivity index (χ1v) is 4.55. The topological polar surface area (TPSA) is 47.9 Å². The van der Waals surface area contributed by atoms with Gasteiger partial charge in [-0.3, -0.25) is 0 Å². The van der Waals surface area contributed by atoms with Crippen molar-refractivity contribution in [1.29, 1.82) is 0 Å². The molecule has 0 saturated heterocycles. The quantitative estimate of drug-likeness (QED) is 0.369. The smallest absolute Gasteiger partial charge is 0.355 e.